The van der Waals surface area contributed by atoms with Gasteiger partial charge in [0.05, 0.1) is 5.54 Å². The number of rotatable bonds is 8. The zero-order chi connectivity index (χ0) is 13.5. The van der Waals surface area contributed by atoms with Crippen LogP contribution in [0, 0.1) is 5.92 Å². The van der Waals surface area contributed by atoms with Crippen LogP contribution in [0.4, 0.5) is 0 Å². The molecule has 0 aromatic carbocycles. The van der Waals surface area contributed by atoms with Crippen LogP contribution in [0.15, 0.2) is 0 Å². The summed E-state index contributed by atoms with van der Waals surface area (Å²) < 4.78 is 0. The first-order chi connectivity index (χ1) is 7.79. The van der Waals surface area contributed by atoms with Gasteiger partial charge in [-0.3, -0.25) is 4.79 Å². The van der Waals surface area contributed by atoms with Crippen molar-refractivity contribution in [3.05, 3.63) is 0 Å². The van der Waals surface area contributed by atoms with Gasteiger partial charge in [0.1, 0.15) is 0 Å². The second kappa shape index (κ2) is 7.70. The number of nitrogens with one attached hydrogen (secondary N) is 2. The molecule has 1 amide bonds. The molecule has 0 radical (unpaired) electrons. The van der Waals surface area contributed by atoms with Crippen molar-refractivity contribution in [3.8, 4) is 0 Å². The Labute approximate surface area is 107 Å². The normalized spacial score (nSPS) is 13.8. The lowest BCUT2D eigenvalue weighted by atomic mass is 10.0. The molecule has 0 rings (SSSR count). The maximum Gasteiger partial charge on any atom is 0.239 e. The van der Waals surface area contributed by atoms with E-state index in [4.69, 9.17) is 0 Å². The van der Waals surface area contributed by atoms with E-state index in [0.29, 0.717) is 0 Å². The molecule has 0 aromatic rings. The molecule has 0 heterocycles. The van der Waals surface area contributed by atoms with Gasteiger partial charge in [-0.05, 0) is 39.7 Å². The zero-order valence-corrected chi connectivity index (χ0v) is 12.4. The Morgan fingerprint density at radius 1 is 1.18 bits per heavy atom. The predicted molar refractivity (Wildman–Crippen MR) is 74.0 cm³/mol. The fourth-order valence-corrected chi connectivity index (χ4v) is 1.83. The van der Waals surface area contributed by atoms with Crippen LogP contribution in [0.3, 0.4) is 0 Å². The third kappa shape index (κ3) is 7.37. The molecule has 3 heteroatoms. The van der Waals surface area contributed by atoms with Crippen LogP contribution in [0.25, 0.3) is 0 Å². The molecule has 0 aromatic heterocycles. The van der Waals surface area contributed by atoms with Gasteiger partial charge >= 0.3 is 0 Å². The summed E-state index contributed by atoms with van der Waals surface area (Å²) in [5, 5.41) is 6.27. The minimum atomic E-state index is -0.471. The van der Waals surface area contributed by atoms with E-state index in [2.05, 4.69) is 31.4 Å². The number of hydrogen-bond acceptors (Lipinski definition) is 2. The van der Waals surface area contributed by atoms with Crippen molar-refractivity contribution in [2.45, 2.75) is 72.4 Å². The molecule has 1 unspecified atom stereocenters. The van der Waals surface area contributed by atoms with E-state index < -0.39 is 5.54 Å². The molecule has 102 valence electrons. The van der Waals surface area contributed by atoms with Gasteiger partial charge in [0, 0.05) is 6.04 Å². The number of carbonyl (C=O) groups is 1. The summed E-state index contributed by atoms with van der Waals surface area (Å²) in [4.78, 5) is 12.0. The van der Waals surface area contributed by atoms with E-state index in [1.807, 2.05) is 20.8 Å². The second-order valence-corrected chi connectivity index (χ2v) is 5.85. The topological polar surface area (TPSA) is 41.1 Å². The Hall–Kier alpha value is -0.570. The maximum absolute atomic E-state index is 12.0. The molecule has 0 spiro atoms. The summed E-state index contributed by atoms with van der Waals surface area (Å²) in [5.74, 6) is 0.840. The lowest BCUT2D eigenvalue weighted by Crippen LogP contribution is -2.54. The molecule has 0 aliphatic heterocycles. The molecule has 0 bridgehead atoms. The molecule has 1 atom stereocenters. The molecule has 0 aliphatic rings. The van der Waals surface area contributed by atoms with Crippen molar-refractivity contribution in [1.82, 2.24) is 10.6 Å². The number of amides is 1. The van der Waals surface area contributed by atoms with E-state index >= 15 is 0 Å². The molecule has 2 N–H and O–H groups in total. The zero-order valence-electron chi connectivity index (χ0n) is 12.4. The fourth-order valence-electron chi connectivity index (χ4n) is 1.83. The molecule has 0 saturated heterocycles. The highest BCUT2D eigenvalue weighted by Crippen LogP contribution is 2.09. The lowest BCUT2D eigenvalue weighted by molar-refractivity contribution is -0.127. The Morgan fingerprint density at radius 3 is 2.24 bits per heavy atom. The summed E-state index contributed by atoms with van der Waals surface area (Å²) in [6.45, 7) is 13.2. The van der Waals surface area contributed by atoms with E-state index in [-0.39, 0.29) is 11.9 Å². The van der Waals surface area contributed by atoms with E-state index in [0.717, 1.165) is 18.9 Å². The average Bonchev–Trinajstić information content (AvgIpc) is 2.16. The summed E-state index contributed by atoms with van der Waals surface area (Å²) in [6.07, 6.45) is 3.48. The van der Waals surface area contributed by atoms with Gasteiger partial charge in [-0.15, -0.1) is 0 Å². The van der Waals surface area contributed by atoms with Gasteiger partial charge < -0.3 is 10.6 Å². The minimum absolute atomic E-state index is 0.0939. The van der Waals surface area contributed by atoms with Crippen molar-refractivity contribution in [1.29, 1.82) is 0 Å². The molecule has 3 nitrogen and oxygen atoms in total. The third-order valence-electron chi connectivity index (χ3n) is 2.98. The minimum Gasteiger partial charge on any atom is -0.352 e. The van der Waals surface area contributed by atoms with E-state index in [1.165, 1.54) is 12.8 Å². The summed E-state index contributed by atoms with van der Waals surface area (Å²) in [7, 11) is 0. The first-order valence-electron chi connectivity index (χ1n) is 6.85. The Kier molecular flexibility index (Phi) is 7.44. The summed E-state index contributed by atoms with van der Waals surface area (Å²) in [6, 6.07) is 0.263. The maximum atomic E-state index is 12.0. The SMILES string of the molecule is CCNC(C)(C)C(=O)NC(C)CCCC(C)C. The van der Waals surface area contributed by atoms with E-state index in [9.17, 15) is 4.79 Å². The monoisotopic (exact) mass is 242 g/mol. The molecular formula is C14H30N2O. The van der Waals surface area contributed by atoms with Crippen LogP contribution in [0.2, 0.25) is 0 Å². The van der Waals surface area contributed by atoms with Crippen LogP contribution in [0.5, 0.6) is 0 Å². The van der Waals surface area contributed by atoms with Gasteiger partial charge in [0.25, 0.3) is 0 Å². The van der Waals surface area contributed by atoms with Gasteiger partial charge in [0.2, 0.25) is 5.91 Å². The van der Waals surface area contributed by atoms with E-state index in [1.54, 1.807) is 0 Å². The highest BCUT2D eigenvalue weighted by atomic mass is 16.2. The van der Waals surface area contributed by atoms with Crippen LogP contribution in [0.1, 0.15) is 60.8 Å². The summed E-state index contributed by atoms with van der Waals surface area (Å²) in [5.41, 5.74) is -0.471. The number of carbonyl (C=O) groups excluding carboxylic acids is 1. The first kappa shape index (κ1) is 16.4. The Balaban J connectivity index is 3.94. The number of hydrogen-bond donors (Lipinski definition) is 2. The van der Waals surface area contributed by atoms with Gasteiger partial charge in [-0.25, -0.2) is 0 Å². The van der Waals surface area contributed by atoms with Crippen molar-refractivity contribution >= 4 is 5.91 Å². The van der Waals surface area contributed by atoms with Crippen molar-refractivity contribution in [2.24, 2.45) is 5.92 Å². The van der Waals surface area contributed by atoms with Gasteiger partial charge in [-0.2, -0.15) is 0 Å². The molecule has 17 heavy (non-hydrogen) atoms. The van der Waals surface area contributed by atoms with Crippen LogP contribution < -0.4 is 10.6 Å². The Bertz CT molecular complexity index is 224. The largest absolute Gasteiger partial charge is 0.352 e. The highest BCUT2D eigenvalue weighted by molar-refractivity contribution is 5.85. The predicted octanol–water partition coefficient (Wildman–Crippen LogP) is 2.71. The molecule has 0 fully saturated rings. The highest BCUT2D eigenvalue weighted by Gasteiger charge is 2.26. The van der Waals surface area contributed by atoms with Crippen LogP contribution in [-0.2, 0) is 4.79 Å². The Morgan fingerprint density at radius 2 is 1.76 bits per heavy atom. The quantitative estimate of drug-likeness (QED) is 0.687. The van der Waals surface area contributed by atoms with Gasteiger partial charge in [0.15, 0.2) is 0 Å². The standard InChI is InChI=1S/C14H30N2O/c1-7-15-14(5,6)13(17)16-12(4)10-8-9-11(2)3/h11-12,15H,7-10H2,1-6H3,(H,16,17). The van der Waals surface area contributed by atoms with Crippen molar-refractivity contribution < 1.29 is 4.79 Å². The summed E-state index contributed by atoms with van der Waals surface area (Å²) >= 11 is 0. The molecule has 0 saturated carbocycles. The fraction of sp³-hybridized carbons (Fsp3) is 0.929. The second-order valence-electron chi connectivity index (χ2n) is 5.85. The smallest absolute Gasteiger partial charge is 0.239 e. The van der Waals surface area contributed by atoms with Crippen molar-refractivity contribution in [3.63, 3.8) is 0 Å². The first-order valence-corrected chi connectivity index (χ1v) is 6.85. The number of likely N-dealkylation sites (N-methyl/N-ethyl adjacent to an activating group) is 1. The molecule has 0 aliphatic carbocycles. The van der Waals surface area contributed by atoms with Gasteiger partial charge in [-0.1, -0.05) is 33.6 Å². The van der Waals surface area contributed by atoms with Crippen molar-refractivity contribution in [2.75, 3.05) is 6.54 Å². The third-order valence-corrected chi connectivity index (χ3v) is 2.98. The van der Waals surface area contributed by atoms with Crippen LogP contribution in [-0.4, -0.2) is 24.0 Å². The lowest BCUT2D eigenvalue weighted by Gasteiger charge is -2.26. The van der Waals surface area contributed by atoms with Crippen LogP contribution >= 0.6 is 0 Å². The average molecular weight is 242 g/mol. The molecular weight excluding hydrogens is 212 g/mol.